The predicted molar refractivity (Wildman–Crippen MR) is 134 cm³/mol. The smallest absolute Gasteiger partial charge is 0.350 e. The summed E-state index contributed by atoms with van der Waals surface area (Å²) in [5.74, 6) is -1.83. The highest BCUT2D eigenvalue weighted by Gasteiger charge is 2.48. The molecule has 35 heavy (non-hydrogen) atoms. The summed E-state index contributed by atoms with van der Waals surface area (Å²) in [5.41, 5.74) is 0.749. The van der Waals surface area contributed by atoms with Crippen molar-refractivity contribution < 1.29 is 29.0 Å². The molecule has 3 aromatic rings. The number of carbonyl (C=O) groups is 3. The number of aromatic nitrogens is 1. The van der Waals surface area contributed by atoms with E-state index < -0.39 is 23.7 Å². The lowest BCUT2D eigenvalue weighted by molar-refractivity contribution is -0.132. The fourth-order valence-electron chi connectivity index (χ4n) is 3.70. The number of hydrogen-bond acceptors (Lipinski definition) is 9. The number of aliphatic hydroxyl groups is 1. The monoisotopic (exact) mass is 512 g/mol. The summed E-state index contributed by atoms with van der Waals surface area (Å²) in [6.07, 6.45) is 0.861. The molecule has 1 amide bonds. The van der Waals surface area contributed by atoms with Gasteiger partial charge >= 0.3 is 11.9 Å². The third kappa shape index (κ3) is 4.71. The van der Waals surface area contributed by atoms with Crippen LogP contribution < -0.4 is 9.64 Å². The highest BCUT2D eigenvalue weighted by Crippen LogP contribution is 2.45. The first-order chi connectivity index (χ1) is 16.9. The predicted octanol–water partition coefficient (Wildman–Crippen LogP) is 5.10. The van der Waals surface area contributed by atoms with Crippen LogP contribution in [0.4, 0.5) is 5.13 Å². The molecule has 0 spiro atoms. The third-order valence-corrected chi connectivity index (χ3v) is 7.37. The van der Waals surface area contributed by atoms with Crippen molar-refractivity contribution in [2.45, 2.75) is 33.2 Å². The Morgan fingerprint density at radius 2 is 1.91 bits per heavy atom. The normalized spacial score (nSPS) is 17.1. The van der Waals surface area contributed by atoms with Crippen molar-refractivity contribution >= 4 is 51.2 Å². The number of carbonyl (C=O) groups excluding carboxylic acids is 3. The van der Waals surface area contributed by atoms with Gasteiger partial charge in [0, 0.05) is 10.4 Å². The van der Waals surface area contributed by atoms with Crippen LogP contribution >= 0.6 is 22.7 Å². The number of ether oxygens (including phenoxy) is 2. The molecule has 3 heterocycles. The largest absolute Gasteiger partial charge is 0.507 e. The Hall–Kier alpha value is -3.50. The van der Waals surface area contributed by atoms with E-state index in [1.165, 1.54) is 16.2 Å². The average Bonchev–Trinajstić information content (AvgIpc) is 3.57. The second-order valence-electron chi connectivity index (χ2n) is 7.69. The Balaban J connectivity index is 1.79. The van der Waals surface area contributed by atoms with Gasteiger partial charge in [-0.2, -0.15) is 0 Å². The van der Waals surface area contributed by atoms with Crippen molar-refractivity contribution in [2.75, 3.05) is 18.1 Å². The van der Waals surface area contributed by atoms with Gasteiger partial charge in [-0.05, 0) is 56.0 Å². The first-order valence-corrected chi connectivity index (χ1v) is 12.8. The van der Waals surface area contributed by atoms with Crippen LogP contribution in [0.15, 0.2) is 47.4 Å². The van der Waals surface area contributed by atoms with E-state index in [1.807, 2.05) is 12.3 Å². The fourth-order valence-corrected chi connectivity index (χ4v) is 5.51. The first kappa shape index (κ1) is 24.6. The minimum Gasteiger partial charge on any atom is -0.507 e. The van der Waals surface area contributed by atoms with Gasteiger partial charge in [-0.1, -0.05) is 24.3 Å². The van der Waals surface area contributed by atoms with E-state index >= 15 is 0 Å². The number of benzene rings is 1. The molecular weight excluding hydrogens is 488 g/mol. The van der Waals surface area contributed by atoms with Crippen LogP contribution in [0.3, 0.4) is 0 Å². The molecular formula is C25H24N2O6S2. The van der Waals surface area contributed by atoms with Gasteiger partial charge in [-0.3, -0.25) is 14.5 Å². The number of Topliss-reactive ketones (excluding diaryl/α,β-unsaturated/α-hetero) is 1. The molecule has 0 bridgehead atoms. The molecule has 1 fully saturated rings. The minimum absolute atomic E-state index is 0.0368. The van der Waals surface area contributed by atoms with Gasteiger partial charge in [-0.15, -0.1) is 11.3 Å². The topological polar surface area (TPSA) is 106 Å². The standard InChI is InChI=1S/C25H24N2O6S2/c1-4-12-33-16-10-8-15(9-11-16)20(28)18-19(17-7-6-13-34-17)27(23(30)21(18)29)25-26-14(3)22(35-25)24(31)32-5-2/h6-11,13,19,28H,4-5,12H2,1-3H3/t19-/m0/s1. The van der Waals surface area contributed by atoms with E-state index in [0.29, 0.717) is 28.5 Å². The number of thiophene rings is 1. The number of amides is 1. The number of ketones is 1. The van der Waals surface area contributed by atoms with Crippen LogP contribution in [0, 0.1) is 6.92 Å². The maximum absolute atomic E-state index is 13.2. The molecule has 0 aliphatic carbocycles. The molecule has 1 aromatic carbocycles. The second kappa shape index (κ2) is 10.4. The van der Waals surface area contributed by atoms with Crippen LogP contribution in [0.2, 0.25) is 0 Å². The number of rotatable bonds is 8. The Kier molecular flexibility index (Phi) is 7.32. The number of thiazole rings is 1. The van der Waals surface area contributed by atoms with Crippen molar-refractivity contribution in [1.29, 1.82) is 0 Å². The van der Waals surface area contributed by atoms with Crippen molar-refractivity contribution in [3.63, 3.8) is 0 Å². The quantitative estimate of drug-likeness (QED) is 0.194. The number of hydrogen-bond donors (Lipinski definition) is 1. The maximum atomic E-state index is 13.2. The number of anilines is 1. The summed E-state index contributed by atoms with van der Waals surface area (Å²) in [7, 11) is 0. The van der Waals surface area contributed by atoms with E-state index in [9.17, 15) is 19.5 Å². The van der Waals surface area contributed by atoms with Crippen LogP contribution in [0.5, 0.6) is 5.75 Å². The minimum atomic E-state index is -0.883. The Morgan fingerprint density at radius 1 is 1.17 bits per heavy atom. The zero-order valence-corrected chi connectivity index (χ0v) is 21.1. The van der Waals surface area contributed by atoms with Crippen molar-refractivity contribution in [3.05, 3.63) is 68.4 Å². The molecule has 0 saturated carbocycles. The van der Waals surface area contributed by atoms with Crippen molar-refractivity contribution in [2.24, 2.45) is 0 Å². The van der Waals surface area contributed by atoms with Crippen molar-refractivity contribution in [3.8, 4) is 5.75 Å². The van der Waals surface area contributed by atoms with Gasteiger partial charge in [0.15, 0.2) is 5.13 Å². The van der Waals surface area contributed by atoms with E-state index in [2.05, 4.69) is 4.98 Å². The SMILES string of the molecule is CCCOc1ccc(C(O)=C2C(=O)C(=O)N(c3nc(C)c(C(=O)OCC)s3)[C@H]2c2cccs2)cc1. The molecule has 1 aliphatic heterocycles. The van der Waals surface area contributed by atoms with Gasteiger partial charge < -0.3 is 14.6 Å². The van der Waals surface area contributed by atoms with E-state index in [-0.39, 0.29) is 27.9 Å². The molecule has 10 heteroatoms. The molecule has 182 valence electrons. The summed E-state index contributed by atoms with van der Waals surface area (Å²) in [5, 5.41) is 13.2. The zero-order valence-electron chi connectivity index (χ0n) is 19.4. The first-order valence-electron chi connectivity index (χ1n) is 11.1. The number of esters is 1. The highest BCUT2D eigenvalue weighted by atomic mass is 32.1. The van der Waals surface area contributed by atoms with Crippen molar-refractivity contribution in [1.82, 2.24) is 4.98 Å². The summed E-state index contributed by atoms with van der Waals surface area (Å²) in [6.45, 7) is 6.12. The number of nitrogens with zero attached hydrogens (tertiary/aromatic N) is 2. The Morgan fingerprint density at radius 3 is 2.54 bits per heavy atom. The van der Waals surface area contributed by atoms with Crippen LogP contribution in [0.1, 0.15) is 52.1 Å². The van der Waals surface area contributed by atoms with E-state index in [4.69, 9.17) is 9.47 Å². The van der Waals surface area contributed by atoms with E-state index in [0.717, 1.165) is 17.8 Å². The molecule has 1 aliphatic rings. The maximum Gasteiger partial charge on any atom is 0.350 e. The molecule has 2 aromatic heterocycles. The van der Waals surface area contributed by atoms with Crippen LogP contribution in [-0.2, 0) is 14.3 Å². The summed E-state index contributed by atoms with van der Waals surface area (Å²) < 4.78 is 10.7. The Labute approximate surface area is 210 Å². The lowest BCUT2D eigenvalue weighted by atomic mass is 10.00. The number of aliphatic hydroxyl groups excluding tert-OH is 1. The molecule has 1 atom stereocenters. The van der Waals surface area contributed by atoms with E-state index in [1.54, 1.807) is 50.2 Å². The molecule has 4 rings (SSSR count). The average molecular weight is 513 g/mol. The zero-order chi connectivity index (χ0) is 25.1. The summed E-state index contributed by atoms with van der Waals surface area (Å²) in [6, 6.07) is 9.41. The molecule has 1 N–H and O–H groups in total. The number of aryl methyl sites for hydroxylation is 1. The molecule has 0 radical (unpaired) electrons. The third-order valence-electron chi connectivity index (χ3n) is 5.31. The second-order valence-corrected chi connectivity index (χ2v) is 9.65. The summed E-state index contributed by atoms with van der Waals surface area (Å²) in [4.78, 5) is 45.3. The lowest BCUT2D eigenvalue weighted by Crippen LogP contribution is -2.29. The van der Waals surface area contributed by atoms with Gasteiger partial charge in [0.05, 0.1) is 24.5 Å². The lowest BCUT2D eigenvalue weighted by Gasteiger charge is -2.21. The van der Waals surface area contributed by atoms with Gasteiger partial charge in [0.1, 0.15) is 22.4 Å². The summed E-state index contributed by atoms with van der Waals surface area (Å²) >= 11 is 2.33. The van der Waals surface area contributed by atoms with Crippen LogP contribution in [-0.4, -0.2) is 41.0 Å². The van der Waals surface area contributed by atoms with Gasteiger partial charge in [-0.25, -0.2) is 9.78 Å². The van der Waals surface area contributed by atoms with Gasteiger partial charge in [0.25, 0.3) is 5.78 Å². The molecule has 1 saturated heterocycles. The molecule has 8 nitrogen and oxygen atoms in total. The Bertz CT molecular complexity index is 1280. The van der Waals surface area contributed by atoms with Crippen LogP contribution in [0.25, 0.3) is 5.76 Å². The highest BCUT2D eigenvalue weighted by molar-refractivity contribution is 7.18. The molecule has 0 unspecified atom stereocenters. The van der Waals surface area contributed by atoms with Gasteiger partial charge in [0.2, 0.25) is 0 Å². The fraction of sp³-hybridized carbons (Fsp3) is 0.280.